The standard InChI is InChI=1S/C63H74Cl2N4O13S2/c1-36-26-52(73)38(3)66-55(75)20-24-80-22-10-16-49(70)61-62(84-35-83-61)50(71)17-11-23-81-25-21-56(76)67-39(4)53(74)27-37(2)63(79)82-54-30-48-60(46-15-8-6-13-44(46)54)42(32-65)34-69(48)58(78)19-9-18-57(77)68-33-41(31-64)59-45-14-7-5-12-43(45)40(28-47(59)68)29-51(36)72/h5-8,12-15,28,30,36-39,41-42,61-62H,9-11,16-27,29,31-35H2,1-4H3,(H,66,75)(H,67,76)/t36?,37?,38?,39?,41-,42-,61?,62?/m1/s1. The van der Waals surface area contributed by atoms with Gasteiger partial charge in [0, 0.05) is 136 Å². The molecule has 84 heavy (non-hydrogen) atoms. The number of nitrogens with zero attached hydrogens (tertiary/aromatic N) is 2. The summed E-state index contributed by atoms with van der Waals surface area (Å²) in [4.78, 5) is 139. The SMILES string of the molecule is CC1CC(=O)C(C)NC(=O)CCOCCCC(=O)C2SCSC2C(=O)CCCOCCC(=O)NC(C)C(=O)CC(C)C(=O)Oc2cc3c(c4ccccc24)[C@H](CCl)CN3C(=O)CCCC(=O)N2C[C@@H](CCl)c3c2cc(c2ccccc32)CC1=O. The van der Waals surface area contributed by atoms with Crippen LogP contribution in [0.15, 0.2) is 60.7 Å². The van der Waals surface area contributed by atoms with Gasteiger partial charge in [-0.05, 0) is 72.0 Å². The van der Waals surface area contributed by atoms with Crippen LogP contribution in [0.1, 0.15) is 127 Å². The molecule has 6 unspecified atom stereocenters. The minimum Gasteiger partial charge on any atom is -0.426 e. The lowest BCUT2D eigenvalue weighted by molar-refractivity contribution is -0.140. The highest BCUT2D eigenvalue weighted by Gasteiger charge is 2.40. The van der Waals surface area contributed by atoms with Gasteiger partial charge in [-0.25, -0.2) is 0 Å². The number of ketones is 5. The van der Waals surface area contributed by atoms with Gasteiger partial charge >= 0.3 is 5.97 Å². The minimum atomic E-state index is -0.911. The van der Waals surface area contributed by atoms with Crippen molar-refractivity contribution >= 4 is 138 Å². The summed E-state index contributed by atoms with van der Waals surface area (Å²) in [6.45, 7) is 7.52. The molecule has 4 bridgehead atoms. The number of thioether (sulfide) groups is 2. The Labute approximate surface area is 508 Å². The Bertz CT molecular complexity index is 2970. The largest absolute Gasteiger partial charge is 0.426 e. The summed E-state index contributed by atoms with van der Waals surface area (Å²) in [6, 6.07) is 16.8. The molecule has 0 aromatic heterocycles. The summed E-state index contributed by atoms with van der Waals surface area (Å²) in [7, 11) is 0. The van der Waals surface area contributed by atoms with Crippen molar-refractivity contribution in [3.05, 3.63) is 77.4 Å². The van der Waals surface area contributed by atoms with Gasteiger partial charge in [0.2, 0.25) is 23.6 Å². The van der Waals surface area contributed by atoms with Crippen LogP contribution in [0.3, 0.4) is 0 Å². The van der Waals surface area contributed by atoms with E-state index in [0.717, 1.165) is 27.3 Å². The summed E-state index contributed by atoms with van der Waals surface area (Å²) >= 11 is 16.1. The number of halogens is 2. The third kappa shape index (κ3) is 15.6. The molecule has 4 aromatic carbocycles. The van der Waals surface area contributed by atoms with E-state index in [1.165, 1.54) is 23.5 Å². The zero-order valence-corrected chi connectivity index (χ0v) is 51.2. The number of alkyl halides is 2. The number of carbonyl (C=O) groups excluding carboxylic acids is 10. The Morgan fingerprint density at radius 1 is 0.524 bits per heavy atom. The zero-order valence-electron chi connectivity index (χ0n) is 48.0. The van der Waals surface area contributed by atoms with E-state index in [1.54, 1.807) is 43.6 Å². The van der Waals surface area contributed by atoms with Crippen molar-refractivity contribution in [1.82, 2.24) is 10.6 Å². The molecule has 1 saturated heterocycles. The molecule has 8 atom stereocenters. The second-order valence-corrected chi connectivity index (χ2v) is 25.6. The number of benzene rings is 4. The van der Waals surface area contributed by atoms with Crippen LogP contribution >= 0.6 is 46.7 Å². The molecule has 0 radical (unpaired) electrons. The van der Waals surface area contributed by atoms with Crippen LogP contribution in [0.5, 0.6) is 5.75 Å². The van der Waals surface area contributed by atoms with Crippen LogP contribution in [0.25, 0.3) is 21.5 Å². The van der Waals surface area contributed by atoms with E-state index in [9.17, 15) is 47.9 Å². The highest BCUT2D eigenvalue weighted by atomic mass is 35.5. The van der Waals surface area contributed by atoms with Gasteiger partial charge in [-0.1, -0.05) is 62.4 Å². The van der Waals surface area contributed by atoms with Crippen LogP contribution in [0, 0.1) is 11.8 Å². The van der Waals surface area contributed by atoms with Gasteiger partial charge in [0.05, 0.1) is 47.4 Å². The van der Waals surface area contributed by atoms with Gasteiger partial charge in [-0.15, -0.1) is 46.7 Å². The number of carbonyl (C=O) groups is 10. The van der Waals surface area contributed by atoms with Gasteiger partial charge in [0.1, 0.15) is 23.1 Å². The number of anilines is 2. The van der Waals surface area contributed by atoms with Crippen molar-refractivity contribution in [3.63, 3.8) is 0 Å². The smallest absolute Gasteiger partial charge is 0.314 e. The number of amides is 4. The molecule has 4 aromatic rings. The minimum absolute atomic E-state index is 0.0130. The van der Waals surface area contributed by atoms with E-state index >= 15 is 0 Å². The number of rotatable bonds is 2. The summed E-state index contributed by atoms with van der Waals surface area (Å²) in [5.74, 6) is -4.33. The first-order valence-electron chi connectivity index (χ1n) is 29.0. The zero-order chi connectivity index (χ0) is 60.2. The second kappa shape index (κ2) is 30.1. The van der Waals surface area contributed by atoms with Crippen LogP contribution < -0.4 is 25.2 Å². The first kappa shape index (κ1) is 64.3. The topological polar surface area (TPSA) is 229 Å². The van der Waals surface area contributed by atoms with Crippen molar-refractivity contribution in [1.29, 1.82) is 0 Å². The molecule has 0 spiro atoms. The summed E-state index contributed by atoms with van der Waals surface area (Å²) in [5, 5.41) is 8.13. The van der Waals surface area contributed by atoms with Crippen molar-refractivity contribution in [3.8, 4) is 5.75 Å². The molecule has 4 aliphatic rings. The third-order valence-electron chi connectivity index (χ3n) is 16.2. The predicted molar refractivity (Wildman–Crippen MR) is 327 cm³/mol. The van der Waals surface area contributed by atoms with Gasteiger partial charge in [-0.3, -0.25) is 47.9 Å². The van der Waals surface area contributed by atoms with Gasteiger partial charge < -0.3 is 34.6 Å². The Morgan fingerprint density at radius 2 is 0.988 bits per heavy atom. The fourth-order valence-corrected chi connectivity index (χ4v) is 15.2. The van der Waals surface area contributed by atoms with Gasteiger partial charge in [0.25, 0.3) is 0 Å². The molecule has 21 heteroatoms. The number of nitrogens with one attached hydrogen (secondary N) is 2. The van der Waals surface area contributed by atoms with Crippen LogP contribution in [-0.4, -0.2) is 137 Å². The van der Waals surface area contributed by atoms with E-state index in [4.69, 9.17) is 37.4 Å². The maximum absolute atomic E-state index is 14.3. The van der Waals surface area contributed by atoms with E-state index < -0.39 is 52.2 Å². The summed E-state index contributed by atoms with van der Waals surface area (Å²) in [5.41, 5.74) is 3.59. The first-order valence-corrected chi connectivity index (χ1v) is 32.2. The maximum atomic E-state index is 14.3. The monoisotopic (exact) mass is 1230 g/mol. The normalized spacial score (nSPS) is 26.4. The molecule has 4 aliphatic heterocycles. The van der Waals surface area contributed by atoms with Crippen LogP contribution in [0.2, 0.25) is 0 Å². The Morgan fingerprint density at radius 3 is 1.50 bits per heavy atom. The highest BCUT2D eigenvalue weighted by molar-refractivity contribution is 8.20. The molecular weight excluding hydrogens is 1160 g/mol. The van der Waals surface area contributed by atoms with Crippen LogP contribution in [-0.2, 0) is 63.8 Å². The Hall–Kier alpha value is -5.70. The molecular formula is C63H74Cl2N4O13S2. The lowest BCUT2D eigenvalue weighted by Crippen LogP contribution is -2.40. The fraction of sp³-hybridized carbons (Fsp3) is 0.524. The molecule has 4 heterocycles. The van der Waals surface area contributed by atoms with Crippen LogP contribution in [0.4, 0.5) is 11.4 Å². The molecule has 1 fully saturated rings. The Balaban J connectivity index is 0.971. The molecule has 0 aliphatic carbocycles. The number of Topliss-reactive ketones (excluding diaryl/α,β-unsaturated/α-hetero) is 5. The predicted octanol–water partition coefficient (Wildman–Crippen LogP) is 9.12. The van der Waals surface area contributed by atoms with E-state index in [-0.39, 0.29) is 167 Å². The second-order valence-electron chi connectivity index (χ2n) is 22.4. The number of hydrogen-bond donors (Lipinski definition) is 2. The van der Waals surface area contributed by atoms with Crippen molar-refractivity contribution in [2.24, 2.45) is 11.8 Å². The fourth-order valence-electron chi connectivity index (χ4n) is 11.5. The summed E-state index contributed by atoms with van der Waals surface area (Å²) < 4.78 is 17.4. The van der Waals surface area contributed by atoms with E-state index in [2.05, 4.69) is 10.6 Å². The maximum Gasteiger partial charge on any atom is 0.314 e. The molecule has 4 amide bonds. The molecule has 8 rings (SSSR count). The molecule has 450 valence electrons. The van der Waals surface area contributed by atoms with Crippen molar-refractivity contribution in [2.75, 3.05) is 66.2 Å². The van der Waals surface area contributed by atoms with Gasteiger partial charge in [-0.2, -0.15) is 0 Å². The Kier molecular flexibility index (Phi) is 23.0. The number of fused-ring (bicyclic) bond motifs is 9. The third-order valence-corrected chi connectivity index (χ3v) is 20.0. The quantitative estimate of drug-likeness (QED) is 0.108. The lowest BCUT2D eigenvalue weighted by atomic mass is 9.88. The molecule has 0 saturated carbocycles. The average Bonchev–Trinajstić information content (AvgIpc) is 1.69. The average molecular weight is 1230 g/mol. The molecule has 2 N–H and O–H groups in total. The highest BCUT2D eigenvalue weighted by Crippen LogP contribution is 2.47. The number of hydrogen-bond acceptors (Lipinski definition) is 15. The first-order chi connectivity index (χ1) is 40.4. The number of ether oxygens (including phenoxy) is 3. The van der Waals surface area contributed by atoms with Gasteiger partial charge in [0.15, 0.2) is 11.6 Å². The molecule has 17 nitrogen and oxygen atoms in total. The summed E-state index contributed by atoms with van der Waals surface area (Å²) in [6.07, 6.45) is 1.08. The van der Waals surface area contributed by atoms with E-state index in [1.807, 2.05) is 54.6 Å². The van der Waals surface area contributed by atoms with E-state index in [0.29, 0.717) is 46.8 Å². The van der Waals surface area contributed by atoms with Crippen molar-refractivity contribution < 1.29 is 62.2 Å². The van der Waals surface area contributed by atoms with Crippen molar-refractivity contribution in [2.45, 2.75) is 139 Å². The number of esters is 1. The lowest BCUT2D eigenvalue weighted by Gasteiger charge is -2.21.